The second-order valence-electron chi connectivity index (χ2n) is 5.46. The Kier molecular flexibility index (Phi) is 5.37. The Bertz CT molecular complexity index is 579. The standard InChI is InChI=1S/C15H25N3O2S/c1-4-17-7-9-18(10-8-17)21(19,20)15-6-5-13(2)14(11-15)12-16-3/h5-6,11,16H,4,7-10,12H2,1-3H3. The van der Waals surface area contributed by atoms with E-state index in [-0.39, 0.29) is 0 Å². The number of nitrogens with zero attached hydrogens (tertiary/aromatic N) is 2. The van der Waals surface area contributed by atoms with E-state index in [0.29, 0.717) is 24.5 Å². The van der Waals surface area contributed by atoms with Gasteiger partial charge in [-0.05, 0) is 43.8 Å². The largest absolute Gasteiger partial charge is 0.316 e. The van der Waals surface area contributed by atoms with Crippen LogP contribution in [0.2, 0.25) is 0 Å². The molecule has 0 aromatic heterocycles. The van der Waals surface area contributed by atoms with Crippen LogP contribution in [0.4, 0.5) is 0 Å². The quantitative estimate of drug-likeness (QED) is 0.883. The topological polar surface area (TPSA) is 52.7 Å². The van der Waals surface area contributed by atoms with E-state index in [1.165, 1.54) is 0 Å². The molecule has 1 aromatic rings. The third-order valence-electron chi connectivity index (χ3n) is 4.10. The smallest absolute Gasteiger partial charge is 0.243 e. The van der Waals surface area contributed by atoms with Gasteiger partial charge in [-0.25, -0.2) is 8.42 Å². The molecule has 0 unspecified atom stereocenters. The lowest BCUT2D eigenvalue weighted by molar-refractivity contribution is 0.196. The van der Waals surface area contributed by atoms with Gasteiger partial charge in [0, 0.05) is 32.7 Å². The number of nitrogens with one attached hydrogen (secondary N) is 1. The van der Waals surface area contributed by atoms with Crippen molar-refractivity contribution in [1.29, 1.82) is 0 Å². The van der Waals surface area contributed by atoms with E-state index in [1.807, 2.05) is 20.0 Å². The van der Waals surface area contributed by atoms with Gasteiger partial charge in [0.1, 0.15) is 0 Å². The zero-order valence-corrected chi connectivity index (χ0v) is 13.9. The Labute approximate surface area is 128 Å². The Morgan fingerprint density at radius 2 is 1.86 bits per heavy atom. The third-order valence-corrected chi connectivity index (χ3v) is 6.00. The second-order valence-corrected chi connectivity index (χ2v) is 7.39. The highest BCUT2D eigenvalue weighted by Gasteiger charge is 2.28. The predicted molar refractivity (Wildman–Crippen MR) is 84.8 cm³/mol. The summed E-state index contributed by atoms with van der Waals surface area (Å²) in [5.74, 6) is 0. The van der Waals surface area contributed by atoms with Crippen LogP contribution in [0, 0.1) is 6.92 Å². The maximum atomic E-state index is 12.7. The first kappa shape index (κ1) is 16.4. The first-order chi connectivity index (χ1) is 9.98. The van der Waals surface area contributed by atoms with Gasteiger partial charge < -0.3 is 10.2 Å². The predicted octanol–water partition coefficient (Wildman–Crippen LogP) is 1.04. The summed E-state index contributed by atoms with van der Waals surface area (Å²) in [6.45, 7) is 8.54. The summed E-state index contributed by atoms with van der Waals surface area (Å²) in [6.07, 6.45) is 0. The summed E-state index contributed by atoms with van der Waals surface area (Å²) in [5, 5.41) is 3.08. The molecule has 118 valence electrons. The molecule has 5 nitrogen and oxygen atoms in total. The first-order valence-corrected chi connectivity index (χ1v) is 8.89. The van der Waals surface area contributed by atoms with Crippen LogP contribution in [-0.4, -0.2) is 57.4 Å². The number of piperazine rings is 1. The highest BCUT2D eigenvalue weighted by atomic mass is 32.2. The van der Waals surface area contributed by atoms with Crippen LogP contribution in [0.3, 0.4) is 0 Å². The van der Waals surface area contributed by atoms with Gasteiger partial charge in [-0.1, -0.05) is 13.0 Å². The average molecular weight is 311 g/mol. The molecule has 1 aromatic carbocycles. The number of benzene rings is 1. The van der Waals surface area contributed by atoms with Gasteiger partial charge in [-0.2, -0.15) is 4.31 Å². The number of likely N-dealkylation sites (N-methyl/N-ethyl adjacent to an activating group) is 1. The molecule has 0 aliphatic carbocycles. The van der Waals surface area contributed by atoms with Gasteiger partial charge in [-0.15, -0.1) is 0 Å². The molecule has 0 amide bonds. The number of aryl methyl sites for hydroxylation is 1. The summed E-state index contributed by atoms with van der Waals surface area (Å²) < 4.78 is 27.1. The molecule has 6 heteroatoms. The maximum absolute atomic E-state index is 12.7. The first-order valence-electron chi connectivity index (χ1n) is 7.45. The fourth-order valence-corrected chi connectivity index (χ4v) is 4.10. The molecule has 1 aliphatic heterocycles. The van der Waals surface area contributed by atoms with Crippen molar-refractivity contribution in [3.8, 4) is 0 Å². The van der Waals surface area contributed by atoms with E-state index in [4.69, 9.17) is 0 Å². The monoisotopic (exact) mass is 311 g/mol. The van der Waals surface area contributed by atoms with E-state index >= 15 is 0 Å². The van der Waals surface area contributed by atoms with Crippen LogP contribution in [0.25, 0.3) is 0 Å². The maximum Gasteiger partial charge on any atom is 0.243 e. The van der Waals surface area contributed by atoms with Gasteiger partial charge in [-0.3, -0.25) is 0 Å². The lowest BCUT2D eigenvalue weighted by Crippen LogP contribution is -2.48. The fourth-order valence-electron chi connectivity index (χ4n) is 2.62. The fraction of sp³-hybridized carbons (Fsp3) is 0.600. The van der Waals surface area contributed by atoms with Gasteiger partial charge >= 0.3 is 0 Å². The third kappa shape index (κ3) is 3.63. The molecule has 0 atom stereocenters. The molecule has 1 N–H and O–H groups in total. The SMILES string of the molecule is CCN1CCN(S(=O)(=O)c2ccc(C)c(CNC)c2)CC1. The summed E-state index contributed by atoms with van der Waals surface area (Å²) in [5.41, 5.74) is 2.14. The highest BCUT2D eigenvalue weighted by molar-refractivity contribution is 7.89. The van der Waals surface area contributed by atoms with Crippen molar-refractivity contribution in [3.63, 3.8) is 0 Å². The van der Waals surface area contributed by atoms with Crippen molar-refractivity contribution in [3.05, 3.63) is 29.3 Å². The molecule has 0 bridgehead atoms. The van der Waals surface area contributed by atoms with Crippen molar-refractivity contribution >= 4 is 10.0 Å². The summed E-state index contributed by atoms with van der Waals surface area (Å²) >= 11 is 0. The lowest BCUT2D eigenvalue weighted by atomic mass is 10.1. The summed E-state index contributed by atoms with van der Waals surface area (Å²) in [7, 11) is -1.51. The molecule has 0 radical (unpaired) electrons. The molecular weight excluding hydrogens is 286 g/mol. The number of rotatable bonds is 5. The Morgan fingerprint density at radius 1 is 1.19 bits per heavy atom. The second kappa shape index (κ2) is 6.87. The van der Waals surface area contributed by atoms with Crippen molar-refractivity contribution in [2.45, 2.75) is 25.3 Å². The normalized spacial score (nSPS) is 18.0. The lowest BCUT2D eigenvalue weighted by Gasteiger charge is -2.33. The molecule has 2 rings (SSSR count). The zero-order chi connectivity index (χ0) is 15.5. The summed E-state index contributed by atoms with van der Waals surface area (Å²) in [4.78, 5) is 2.68. The number of sulfonamides is 1. The molecule has 1 fully saturated rings. The van der Waals surface area contributed by atoms with Crippen molar-refractivity contribution in [2.24, 2.45) is 0 Å². The molecule has 0 saturated carbocycles. The van der Waals surface area contributed by atoms with Gasteiger partial charge in [0.2, 0.25) is 10.0 Å². The Hall–Kier alpha value is -0.950. The van der Waals surface area contributed by atoms with E-state index in [2.05, 4.69) is 17.1 Å². The molecule has 21 heavy (non-hydrogen) atoms. The van der Waals surface area contributed by atoms with Crippen molar-refractivity contribution in [2.75, 3.05) is 39.8 Å². The summed E-state index contributed by atoms with van der Waals surface area (Å²) in [6, 6.07) is 5.41. The Balaban J connectivity index is 2.22. The van der Waals surface area contributed by atoms with E-state index < -0.39 is 10.0 Å². The molecule has 1 heterocycles. The van der Waals surface area contributed by atoms with Gasteiger partial charge in [0.15, 0.2) is 0 Å². The van der Waals surface area contributed by atoms with Crippen LogP contribution >= 0.6 is 0 Å². The van der Waals surface area contributed by atoms with Gasteiger partial charge in [0.05, 0.1) is 4.90 Å². The molecule has 1 aliphatic rings. The minimum atomic E-state index is -3.37. The minimum absolute atomic E-state index is 0.406. The van der Waals surface area contributed by atoms with Crippen LogP contribution in [0.15, 0.2) is 23.1 Å². The molecule has 1 saturated heterocycles. The average Bonchev–Trinajstić information content (AvgIpc) is 2.49. The van der Waals surface area contributed by atoms with Gasteiger partial charge in [0.25, 0.3) is 0 Å². The van der Waals surface area contributed by atoms with Crippen LogP contribution in [0.1, 0.15) is 18.1 Å². The highest BCUT2D eigenvalue weighted by Crippen LogP contribution is 2.20. The van der Waals surface area contributed by atoms with Crippen LogP contribution in [-0.2, 0) is 16.6 Å². The zero-order valence-electron chi connectivity index (χ0n) is 13.1. The van der Waals surface area contributed by atoms with Crippen molar-refractivity contribution < 1.29 is 8.42 Å². The van der Waals surface area contributed by atoms with E-state index in [0.717, 1.165) is 30.8 Å². The number of hydrogen-bond donors (Lipinski definition) is 1. The molecular formula is C15H25N3O2S. The Morgan fingerprint density at radius 3 is 2.43 bits per heavy atom. The van der Waals surface area contributed by atoms with E-state index in [9.17, 15) is 8.42 Å². The van der Waals surface area contributed by atoms with Crippen LogP contribution < -0.4 is 5.32 Å². The van der Waals surface area contributed by atoms with E-state index in [1.54, 1.807) is 16.4 Å². The minimum Gasteiger partial charge on any atom is -0.316 e. The number of hydrogen-bond acceptors (Lipinski definition) is 4. The van der Waals surface area contributed by atoms with Crippen LogP contribution in [0.5, 0.6) is 0 Å². The van der Waals surface area contributed by atoms with Crippen molar-refractivity contribution in [1.82, 2.24) is 14.5 Å². The molecule has 0 spiro atoms.